The molecule has 0 radical (unpaired) electrons. The number of hydrogen-bond donors (Lipinski definition) is 2. The van der Waals surface area contributed by atoms with Crippen LogP contribution in [0.15, 0.2) is 37.2 Å². The fraction of sp³-hybridized carbons (Fsp3) is 0.385. The summed E-state index contributed by atoms with van der Waals surface area (Å²) in [6.07, 6.45) is -2.42. The second-order valence-corrected chi connectivity index (χ2v) is 10.4. The molecule has 1 aliphatic carbocycles. The van der Waals surface area contributed by atoms with Crippen molar-refractivity contribution >= 4 is 29.5 Å². The Hall–Kier alpha value is -4.81. The molecule has 4 aromatic heterocycles. The molecule has 1 saturated carbocycles. The van der Waals surface area contributed by atoms with E-state index in [-0.39, 0.29) is 47.4 Å². The Morgan fingerprint density at radius 2 is 1.70 bits per heavy atom. The normalized spacial score (nSPS) is 17.0. The van der Waals surface area contributed by atoms with Crippen LogP contribution in [-0.2, 0) is 10.9 Å². The fourth-order valence-corrected chi connectivity index (χ4v) is 4.92. The van der Waals surface area contributed by atoms with Crippen molar-refractivity contribution < 1.29 is 40.6 Å². The highest BCUT2D eigenvalue weighted by molar-refractivity contribution is 6.32. The molecule has 46 heavy (non-hydrogen) atoms. The van der Waals surface area contributed by atoms with E-state index in [1.165, 1.54) is 31.9 Å². The SMILES string of the molecule is COc1ncc(-c2cnc(N(C(=O)OCC(F)(F)F)C3CCC(Nc4ncc(C(F)(F)F)c(-c5[nH]ncc5Cl)n4)CC3)cn2)cn1. The van der Waals surface area contributed by atoms with Gasteiger partial charge >= 0.3 is 24.5 Å². The average molecular weight is 673 g/mol. The first kappa shape index (κ1) is 32.6. The van der Waals surface area contributed by atoms with Crippen molar-refractivity contribution in [3.05, 3.63) is 47.8 Å². The number of nitrogens with zero attached hydrogens (tertiary/aromatic N) is 8. The highest BCUT2D eigenvalue weighted by Crippen LogP contribution is 2.38. The maximum Gasteiger partial charge on any atom is 0.422 e. The van der Waals surface area contributed by atoms with E-state index in [0.717, 1.165) is 11.1 Å². The highest BCUT2D eigenvalue weighted by Gasteiger charge is 2.38. The summed E-state index contributed by atoms with van der Waals surface area (Å²) < 4.78 is 89.0. The molecule has 4 aromatic rings. The van der Waals surface area contributed by atoms with E-state index in [1.807, 2.05) is 0 Å². The predicted octanol–water partition coefficient (Wildman–Crippen LogP) is 5.72. The molecule has 1 amide bonds. The number of alkyl halides is 6. The summed E-state index contributed by atoms with van der Waals surface area (Å²) in [5, 5.41) is 8.98. The molecule has 0 aliphatic heterocycles. The Labute approximate surface area is 260 Å². The van der Waals surface area contributed by atoms with Crippen molar-refractivity contribution in [3.8, 4) is 28.7 Å². The zero-order valence-corrected chi connectivity index (χ0v) is 24.4. The number of aromatic amines is 1. The highest BCUT2D eigenvalue weighted by atomic mass is 35.5. The summed E-state index contributed by atoms with van der Waals surface area (Å²) in [4.78, 5) is 38.3. The third kappa shape index (κ3) is 7.69. The van der Waals surface area contributed by atoms with Crippen molar-refractivity contribution in [1.29, 1.82) is 0 Å². The van der Waals surface area contributed by atoms with Crippen LogP contribution in [-0.4, -0.2) is 78.2 Å². The third-order valence-electron chi connectivity index (χ3n) is 6.87. The van der Waals surface area contributed by atoms with Crippen LogP contribution < -0.4 is 15.0 Å². The van der Waals surface area contributed by atoms with Gasteiger partial charge in [-0.2, -0.15) is 31.4 Å². The first-order chi connectivity index (χ1) is 21.8. The molecular weight excluding hydrogens is 650 g/mol. The summed E-state index contributed by atoms with van der Waals surface area (Å²) in [6.45, 7) is -1.80. The third-order valence-corrected chi connectivity index (χ3v) is 7.15. The van der Waals surface area contributed by atoms with Crippen LogP contribution in [0.2, 0.25) is 5.02 Å². The number of halogens is 7. The molecule has 1 fully saturated rings. The minimum atomic E-state index is -4.77. The summed E-state index contributed by atoms with van der Waals surface area (Å²) in [6, 6.07) is -0.865. The molecule has 13 nitrogen and oxygen atoms in total. The van der Waals surface area contributed by atoms with Gasteiger partial charge in [-0.25, -0.2) is 29.7 Å². The van der Waals surface area contributed by atoms with E-state index in [1.54, 1.807) is 0 Å². The number of rotatable bonds is 8. The number of anilines is 2. The Morgan fingerprint density at radius 3 is 2.26 bits per heavy atom. The summed E-state index contributed by atoms with van der Waals surface area (Å²) in [5.74, 6) is -0.156. The van der Waals surface area contributed by atoms with Crippen LogP contribution in [0, 0.1) is 0 Å². The van der Waals surface area contributed by atoms with Gasteiger partial charge in [-0.05, 0) is 25.7 Å². The standard InChI is InChI=1S/C26H23ClF6N10O3/c1-45-23-37-6-13(7-38-23)18-10-35-19(11-34-18)43(24(44)46-12-25(28,29)30)15-4-2-14(3-5-15)40-22-36-8-16(26(31,32)33)20(41-22)21-17(27)9-39-42-21/h6-11,14-15H,2-5,12H2,1H3,(H,39,42)(H,36,40,41). The van der Waals surface area contributed by atoms with Crippen molar-refractivity contribution in [2.45, 2.75) is 50.1 Å². The minimum absolute atomic E-state index is 0.0473. The van der Waals surface area contributed by atoms with Gasteiger partial charge in [0, 0.05) is 36.2 Å². The number of carbonyl (C=O) groups is 1. The van der Waals surface area contributed by atoms with Crippen LogP contribution in [0.25, 0.3) is 22.6 Å². The number of amides is 1. The van der Waals surface area contributed by atoms with E-state index in [2.05, 4.69) is 50.2 Å². The summed E-state index contributed by atoms with van der Waals surface area (Å²) in [5.41, 5.74) is -0.949. The lowest BCUT2D eigenvalue weighted by atomic mass is 9.90. The first-order valence-corrected chi connectivity index (χ1v) is 13.8. The lowest BCUT2D eigenvalue weighted by molar-refractivity contribution is -0.159. The molecule has 0 aromatic carbocycles. The van der Waals surface area contributed by atoms with Crippen molar-refractivity contribution in [3.63, 3.8) is 0 Å². The van der Waals surface area contributed by atoms with E-state index < -0.39 is 42.4 Å². The maximum atomic E-state index is 13.6. The molecule has 0 spiro atoms. The Kier molecular flexibility index (Phi) is 9.40. The second kappa shape index (κ2) is 13.3. The van der Waals surface area contributed by atoms with Gasteiger partial charge in [-0.3, -0.25) is 15.0 Å². The van der Waals surface area contributed by atoms with E-state index in [4.69, 9.17) is 16.3 Å². The zero-order valence-electron chi connectivity index (χ0n) is 23.6. The Bertz CT molecular complexity index is 1650. The molecule has 4 heterocycles. The van der Waals surface area contributed by atoms with E-state index >= 15 is 0 Å². The van der Waals surface area contributed by atoms with Crippen molar-refractivity contribution in [1.82, 2.24) is 40.1 Å². The summed E-state index contributed by atoms with van der Waals surface area (Å²) >= 11 is 5.99. The maximum absolute atomic E-state index is 13.6. The van der Waals surface area contributed by atoms with Gasteiger partial charge in [0.25, 0.3) is 0 Å². The molecule has 1 aliphatic rings. The summed E-state index contributed by atoms with van der Waals surface area (Å²) in [7, 11) is 1.40. The molecule has 0 atom stereocenters. The van der Waals surface area contributed by atoms with Crippen molar-refractivity contribution in [2.75, 3.05) is 23.9 Å². The Balaban J connectivity index is 1.32. The number of nitrogens with one attached hydrogen (secondary N) is 2. The van der Waals surface area contributed by atoms with Crippen LogP contribution >= 0.6 is 11.6 Å². The number of methoxy groups -OCH3 is 1. The lowest BCUT2D eigenvalue weighted by Gasteiger charge is -2.35. The van der Waals surface area contributed by atoms with Gasteiger partial charge in [-0.1, -0.05) is 11.6 Å². The molecule has 5 rings (SSSR count). The minimum Gasteiger partial charge on any atom is -0.467 e. The number of aromatic nitrogens is 8. The van der Waals surface area contributed by atoms with Crippen molar-refractivity contribution in [2.24, 2.45) is 0 Å². The zero-order chi connectivity index (χ0) is 33.1. The van der Waals surface area contributed by atoms with E-state index in [9.17, 15) is 31.1 Å². The number of H-pyrrole nitrogens is 1. The predicted molar refractivity (Wildman–Crippen MR) is 149 cm³/mol. The van der Waals surface area contributed by atoms with E-state index in [0.29, 0.717) is 30.3 Å². The molecule has 0 unspecified atom stereocenters. The van der Waals surface area contributed by atoms with Gasteiger partial charge in [0.1, 0.15) is 17.0 Å². The largest absolute Gasteiger partial charge is 0.467 e. The Morgan fingerprint density at radius 1 is 0.978 bits per heavy atom. The molecule has 0 saturated heterocycles. The second-order valence-electron chi connectivity index (χ2n) is 9.95. The molecule has 0 bridgehead atoms. The monoisotopic (exact) mass is 672 g/mol. The van der Waals surface area contributed by atoms with Gasteiger partial charge in [0.05, 0.1) is 36.4 Å². The van der Waals surface area contributed by atoms with Crippen LogP contribution in [0.5, 0.6) is 6.01 Å². The van der Waals surface area contributed by atoms with Crippen LogP contribution in [0.4, 0.5) is 42.9 Å². The quantitative estimate of drug-likeness (QED) is 0.221. The topological polar surface area (TPSA) is 157 Å². The molecular formula is C26H23ClF6N10O3. The molecule has 2 N–H and O–H groups in total. The van der Waals surface area contributed by atoms with Crippen LogP contribution in [0.1, 0.15) is 31.2 Å². The number of ether oxygens (including phenoxy) is 2. The first-order valence-electron chi connectivity index (χ1n) is 13.4. The molecule has 20 heteroatoms. The van der Waals surface area contributed by atoms with Crippen LogP contribution in [0.3, 0.4) is 0 Å². The van der Waals surface area contributed by atoms with Gasteiger partial charge in [-0.15, -0.1) is 0 Å². The number of carbonyl (C=O) groups excluding carboxylic acids is 1. The fourth-order valence-electron chi connectivity index (χ4n) is 4.74. The average Bonchev–Trinajstić information content (AvgIpc) is 3.46. The van der Waals surface area contributed by atoms with Gasteiger partial charge < -0.3 is 14.8 Å². The van der Waals surface area contributed by atoms with Gasteiger partial charge in [0.2, 0.25) is 5.95 Å². The lowest BCUT2D eigenvalue weighted by Crippen LogP contribution is -2.45. The van der Waals surface area contributed by atoms with Gasteiger partial charge in [0.15, 0.2) is 12.4 Å². The molecule has 244 valence electrons. The smallest absolute Gasteiger partial charge is 0.422 e. The number of hydrogen-bond acceptors (Lipinski definition) is 11.